The fraction of sp³-hybridized carbons (Fsp3) is 0.545. The molecule has 0 aliphatic heterocycles. The smallest absolute Gasteiger partial charge is 0.241 e. The van der Waals surface area contributed by atoms with Gasteiger partial charge in [-0.2, -0.15) is 4.98 Å². The van der Waals surface area contributed by atoms with Gasteiger partial charge in [-0.3, -0.25) is 4.79 Å². The molecule has 1 aromatic heterocycles. The number of rotatable bonds is 6. The van der Waals surface area contributed by atoms with Crippen LogP contribution in [0.2, 0.25) is 0 Å². The van der Waals surface area contributed by atoms with Crippen molar-refractivity contribution in [2.45, 2.75) is 13.8 Å². The zero-order valence-corrected chi connectivity index (χ0v) is 12.4. The SMILES string of the molecule is CCN(CC)C(=O)CNc1nc(NC)ncc1Br. The second-order valence-corrected chi connectivity index (χ2v) is 4.41. The van der Waals surface area contributed by atoms with Crippen LogP contribution in [0.5, 0.6) is 0 Å². The van der Waals surface area contributed by atoms with Crippen LogP contribution in [0.3, 0.4) is 0 Å². The molecule has 0 radical (unpaired) electrons. The molecule has 1 rings (SSSR count). The Hall–Kier alpha value is -1.37. The molecule has 100 valence electrons. The van der Waals surface area contributed by atoms with Gasteiger partial charge in [0, 0.05) is 26.3 Å². The number of hydrogen-bond acceptors (Lipinski definition) is 5. The number of aromatic nitrogens is 2. The maximum Gasteiger partial charge on any atom is 0.241 e. The number of carbonyl (C=O) groups is 1. The molecule has 0 atom stereocenters. The molecule has 2 N–H and O–H groups in total. The Morgan fingerprint density at radius 3 is 2.67 bits per heavy atom. The van der Waals surface area contributed by atoms with Crippen molar-refractivity contribution in [3.8, 4) is 0 Å². The summed E-state index contributed by atoms with van der Waals surface area (Å²) in [7, 11) is 1.74. The van der Waals surface area contributed by atoms with Gasteiger partial charge in [0.05, 0.1) is 11.0 Å². The van der Waals surface area contributed by atoms with E-state index in [4.69, 9.17) is 0 Å². The molecular weight excluding hydrogens is 298 g/mol. The predicted octanol–water partition coefficient (Wildman–Crippen LogP) is 1.56. The third-order valence-corrected chi connectivity index (χ3v) is 3.07. The minimum atomic E-state index is 0.0523. The highest BCUT2D eigenvalue weighted by Gasteiger charge is 2.11. The maximum atomic E-state index is 11.8. The van der Waals surface area contributed by atoms with Gasteiger partial charge in [-0.15, -0.1) is 0 Å². The second-order valence-electron chi connectivity index (χ2n) is 3.56. The number of nitrogens with zero attached hydrogens (tertiary/aromatic N) is 3. The molecule has 0 aliphatic rings. The van der Waals surface area contributed by atoms with E-state index in [0.717, 1.165) is 4.47 Å². The molecule has 7 heteroatoms. The standard InChI is InChI=1S/C11H18BrN5O/c1-4-17(5-2)9(18)7-14-10-8(12)6-15-11(13-3)16-10/h6H,4-5,7H2,1-3H3,(H2,13,14,15,16). The van der Waals surface area contributed by atoms with Crippen LogP contribution >= 0.6 is 15.9 Å². The molecule has 0 fully saturated rings. The number of anilines is 2. The average molecular weight is 316 g/mol. The first-order chi connectivity index (χ1) is 8.62. The molecule has 0 unspecified atom stereocenters. The molecule has 0 aromatic carbocycles. The van der Waals surface area contributed by atoms with Crippen molar-refractivity contribution in [2.24, 2.45) is 0 Å². The van der Waals surface area contributed by atoms with E-state index in [9.17, 15) is 4.79 Å². The molecule has 18 heavy (non-hydrogen) atoms. The van der Waals surface area contributed by atoms with Crippen LogP contribution in [0.1, 0.15) is 13.8 Å². The predicted molar refractivity (Wildman–Crippen MR) is 75.7 cm³/mol. The zero-order valence-electron chi connectivity index (χ0n) is 10.8. The lowest BCUT2D eigenvalue weighted by Gasteiger charge is -2.19. The van der Waals surface area contributed by atoms with Crippen LogP contribution in [0.4, 0.5) is 11.8 Å². The van der Waals surface area contributed by atoms with Gasteiger partial charge in [0.2, 0.25) is 11.9 Å². The summed E-state index contributed by atoms with van der Waals surface area (Å²) < 4.78 is 0.730. The molecular formula is C11H18BrN5O. The first-order valence-electron chi connectivity index (χ1n) is 5.84. The third kappa shape index (κ3) is 3.83. The summed E-state index contributed by atoms with van der Waals surface area (Å²) in [5, 5.41) is 5.86. The van der Waals surface area contributed by atoms with E-state index in [-0.39, 0.29) is 12.5 Å². The second kappa shape index (κ2) is 7.15. The largest absolute Gasteiger partial charge is 0.360 e. The van der Waals surface area contributed by atoms with Gasteiger partial charge in [0.15, 0.2) is 0 Å². The zero-order chi connectivity index (χ0) is 13.5. The number of halogens is 1. The van der Waals surface area contributed by atoms with Crippen molar-refractivity contribution in [1.82, 2.24) is 14.9 Å². The van der Waals surface area contributed by atoms with Crippen LogP contribution in [0.15, 0.2) is 10.7 Å². The van der Waals surface area contributed by atoms with Crippen LogP contribution in [-0.4, -0.2) is 47.5 Å². The number of likely N-dealkylation sites (N-methyl/N-ethyl adjacent to an activating group) is 1. The Bertz CT molecular complexity index is 408. The van der Waals surface area contributed by atoms with Crippen molar-refractivity contribution in [3.63, 3.8) is 0 Å². The highest BCUT2D eigenvalue weighted by atomic mass is 79.9. The molecule has 0 saturated carbocycles. The fourth-order valence-corrected chi connectivity index (χ4v) is 1.79. The molecule has 1 heterocycles. The highest BCUT2D eigenvalue weighted by Crippen LogP contribution is 2.19. The van der Waals surface area contributed by atoms with Gasteiger partial charge in [0.25, 0.3) is 0 Å². The number of nitrogens with one attached hydrogen (secondary N) is 2. The van der Waals surface area contributed by atoms with E-state index in [1.54, 1.807) is 18.1 Å². The van der Waals surface area contributed by atoms with Gasteiger partial charge >= 0.3 is 0 Å². The average Bonchev–Trinajstić information content (AvgIpc) is 2.39. The van der Waals surface area contributed by atoms with Gasteiger partial charge in [-0.05, 0) is 29.8 Å². The monoisotopic (exact) mass is 315 g/mol. The Morgan fingerprint density at radius 1 is 1.44 bits per heavy atom. The van der Waals surface area contributed by atoms with Gasteiger partial charge < -0.3 is 15.5 Å². The van der Waals surface area contributed by atoms with E-state index in [2.05, 4.69) is 36.5 Å². The summed E-state index contributed by atoms with van der Waals surface area (Å²) in [4.78, 5) is 21.9. The molecule has 0 saturated heterocycles. The Labute approximate surface area is 115 Å². The summed E-state index contributed by atoms with van der Waals surface area (Å²) in [6.07, 6.45) is 1.64. The molecule has 0 aliphatic carbocycles. The molecule has 0 spiro atoms. The molecule has 1 amide bonds. The Balaban J connectivity index is 2.65. The minimum Gasteiger partial charge on any atom is -0.360 e. The summed E-state index contributed by atoms with van der Waals surface area (Å²) >= 11 is 3.34. The number of hydrogen-bond donors (Lipinski definition) is 2. The van der Waals surface area contributed by atoms with E-state index >= 15 is 0 Å². The van der Waals surface area contributed by atoms with E-state index < -0.39 is 0 Å². The third-order valence-electron chi connectivity index (χ3n) is 2.49. The quantitative estimate of drug-likeness (QED) is 0.833. The molecule has 1 aromatic rings. The lowest BCUT2D eigenvalue weighted by Crippen LogP contribution is -2.35. The van der Waals surface area contributed by atoms with Crippen LogP contribution in [-0.2, 0) is 4.79 Å². The first-order valence-corrected chi connectivity index (χ1v) is 6.63. The topological polar surface area (TPSA) is 70.2 Å². The van der Waals surface area contributed by atoms with E-state index in [1.807, 2.05) is 13.8 Å². The van der Waals surface area contributed by atoms with Crippen LogP contribution in [0.25, 0.3) is 0 Å². The van der Waals surface area contributed by atoms with Crippen molar-refractivity contribution >= 4 is 33.6 Å². The summed E-state index contributed by atoms with van der Waals surface area (Å²) in [6, 6.07) is 0. The van der Waals surface area contributed by atoms with Crippen molar-refractivity contribution in [1.29, 1.82) is 0 Å². The Kier molecular flexibility index (Phi) is 5.84. The molecule has 6 nitrogen and oxygen atoms in total. The Morgan fingerprint density at radius 2 is 2.11 bits per heavy atom. The lowest BCUT2D eigenvalue weighted by atomic mass is 10.4. The van der Waals surface area contributed by atoms with Crippen molar-refractivity contribution < 1.29 is 4.79 Å². The fourth-order valence-electron chi connectivity index (χ4n) is 1.46. The normalized spacial score (nSPS) is 10.0. The van der Waals surface area contributed by atoms with Crippen LogP contribution < -0.4 is 10.6 Å². The van der Waals surface area contributed by atoms with Crippen molar-refractivity contribution in [2.75, 3.05) is 37.3 Å². The van der Waals surface area contributed by atoms with Gasteiger partial charge in [-0.25, -0.2) is 4.98 Å². The first kappa shape index (κ1) is 14.7. The number of amides is 1. The summed E-state index contributed by atoms with van der Waals surface area (Å²) in [6.45, 7) is 5.57. The minimum absolute atomic E-state index is 0.0523. The van der Waals surface area contributed by atoms with Crippen molar-refractivity contribution in [3.05, 3.63) is 10.7 Å². The summed E-state index contributed by atoms with van der Waals surface area (Å²) in [5.74, 6) is 1.17. The number of carbonyl (C=O) groups excluding carboxylic acids is 1. The van der Waals surface area contributed by atoms with Gasteiger partial charge in [-0.1, -0.05) is 0 Å². The highest BCUT2D eigenvalue weighted by molar-refractivity contribution is 9.10. The van der Waals surface area contributed by atoms with E-state index in [0.29, 0.717) is 24.9 Å². The van der Waals surface area contributed by atoms with Crippen LogP contribution in [0, 0.1) is 0 Å². The maximum absolute atomic E-state index is 11.8. The molecule has 0 bridgehead atoms. The van der Waals surface area contributed by atoms with Gasteiger partial charge in [0.1, 0.15) is 5.82 Å². The lowest BCUT2D eigenvalue weighted by molar-refractivity contribution is -0.128. The summed E-state index contributed by atoms with van der Waals surface area (Å²) in [5.41, 5.74) is 0. The van der Waals surface area contributed by atoms with E-state index in [1.165, 1.54) is 0 Å².